The topological polar surface area (TPSA) is 88.4 Å². The molecule has 0 fully saturated rings. The van der Waals surface area contributed by atoms with E-state index < -0.39 is 12.0 Å². The predicted molar refractivity (Wildman–Crippen MR) is 162 cm³/mol. The molecule has 43 heavy (non-hydrogen) atoms. The zero-order valence-corrected chi connectivity index (χ0v) is 25.1. The number of carbonyl (C=O) groups excluding carboxylic acids is 1. The molecule has 2 heterocycles. The Kier molecular flexibility index (Phi) is 9.06. The fraction of sp³-hybridized carbons (Fsp3) is 0.242. The highest BCUT2D eigenvalue weighted by molar-refractivity contribution is 7.07. The molecule has 0 bridgehead atoms. The first-order chi connectivity index (χ1) is 20.9. The third-order valence-electron chi connectivity index (χ3n) is 6.87. The summed E-state index contributed by atoms with van der Waals surface area (Å²) in [4.78, 5) is 32.4. The number of para-hydroxylation sites is 1. The quantitative estimate of drug-likeness (QED) is 0.240. The Hall–Kier alpha value is -4.70. The summed E-state index contributed by atoms with van der Waals surface area (Å²) in [5, 5.41) is 0. The number of ether oxygens (including phenoxy) is 4. The molecule has 3 aromatic carbocycles. The molecule has 0 spiro atoms. The van der Waals surface area contributed by atoms with Crippen molar-refractivity contribution in [3.05, 3.63) is 120 Å². The smallest absolute Gasteiger partial charge is 0.338 e. The van der Waals surface area contributed by atoms with E-state index in [1.165, 1.54) is 22.0 Å². The largest absolute Gasteiger partial charge is 0.493 e. The van der Waals surface area contributed by atoms with Gasteiger partial charge in [-0.05, 0) is 56.7 Å². The molecule has 1 aliphatic rings. The second-order valence-electron chi connectivity index (χ2n) is 9.56. The Labute approximate surface area is 252 Å². The number of rotatable bonds is 10. The van der Waals surface area contributed by atoms with Crippen molar-refractivity contribution in [1.82, 2.24) is 4.57 Å². The molecule has 1 atom stereocenters. The van der Waals surface area contributed by atoms with E-state index in [1.807, 2.05) is 25.1 Å². The number of methoxy groups -OCH3 is 1. The van der Waals surface area contributed by atoms with Crippen molar-refractivity contribution in [2.75, 3.05) is 20.3 Å². The monoisotopic (exact) mass is 602 g/mol. The number of nitrogens with zero attached hydrogens (tertiary/aromatic N) is 2. The van der Waals surface area contributed by atoms with Crippen LogP contribution in [-0.2, 0) is 16.1 Å². The average molecular weight is 603 g/mol. The van der Waals surface area contributed by atoms with Crippen LogP contribution in [0.1, 0.15) is 43.5 Å². The van der Waals surface area contributed by atoms with Crippen LogP contribution in [0.3, 0.4) is 0 Å². The number of fused-ring (bicyclic) bond motifs is 1. The molecule has 8 nitrogen and oxygen atoms in total. The summed E-state index contributed by atoms with van der Waals surface area (Å²) < 4.78 is 38.7. The van der Waals surface area contributed by atoms with Gasteiger partial charge in [-0.3, -0.25) is 9.36 Å². The normalized spacial score (nSPS) is 14.6. The van der Waals surface area contributed by atoms with Gasteiger partial charge in [0.25, 0.3) is 5.56 Å². The Morgan fingerprint density at radius 3 is 2.51 bits per heavy atom. The number of esters is 1. The molecule has 1 aromatic heterocycles. The Morgan fingerprint density at radius 2 is 1.77 bits per heavy atom. The molecule has 0 radical (unpaired) electrons. The molecule has 5 rings (SSSR count). The lowest BCUT2D eigenvalue weighted by Gasteiger charge is -2.25. The summed E-state index contributed by atoms with van der Waals surface area (Å²) in [5.41, 5.74) is 2.10. The molecule has 222 valence electrons. The maximum absolute atomic E-state index is 14.2. The van der Waals surface area contributed by atoms with Crippen LogP contribution in [0.2, 0.25) is 0 Å². The lowest BCUT2D eigenvalue weighted by molar-refractivity contribution is -0.139. The lowest BCUT2D eigenvalue weighted by Crippen LogP contribution is -2.40. The number of halogens is 1. The van der Waals surface area contributed by atoms with Gasteiger partial charge in [-0.15, -0.1) is 0 Å². The maximum Gasteiger partial charge on any atom is 0.338 e. The first kappa shape index (κ1) is 29.8. The van der Waals surface area contributed by atoms with Gasteiger partial charge >= 0.3 is 5.97 Å². The summed E-state index contributed by atoms with van der Waals surface area (Å²) in [6.45, 7) is 5.92. The van der Waals surface area contributed by atoms with Gasteiger partial charge in [0.2, 0.25) is 0 Å². The molecule has 0 saturated carbocycles. The van der Waals surface area contributed by atoms with Gasteiger partial charge in [0, 0.05) is 11.1 Å². The van der Waals surface area contributed by atoms with E-state index in [9.17, 15) is 14.0 Å². The van der Waals surface area contributed by atoms with E-state index in [-0.39, 0.29) is 30.2 Å². The van der Waals surface area contributed by atoms with Gasteiger partial charge in [-0.2, -0.15) is 0 Å². The van der Waals surface area contributed by atoms with Crippen molar-refractivity contribution < 1.29 is 28.1 Å². The van der Waals surface area contributed by atoms with Crippen LogP contribution in [0.4, 0.5) is 4.39 Å². The van der Waals surface area contributed by atoms with Crippen LogP contribution in [0, 0.1) is 5.82 Å². The number of carbonyl (C=O) groups is 1. The van der Waals surface area contributed by atoms with E-state index in [2.05, 4.69) is 4.99 Å². The standard InChI is InChI=1S/C33H31FN2O6S/c1-5-40-27-17-22(15-16-26(27)39-4)30-29(32(38)41-6-2)20(3)35-33-36(30)31(37)28(43-33)18-21-11-8-10-14-25(21)42-19-23-12-7-9-13-24(23)34/h7-18,30H,5-6,19H2,1-4H3/b28-18-/t30-/m0/s1. The molecule has 10 heteroatoms. The Bertz CT molecular complexity index is 1880. The highest BCUT2D eigenvalue weighted by Gasteiger charge is 2.34. The van der Waals surface area contributed by atoms with Gasteiger partial charge < -0.3 is 18.9 Å². The van der Waals surface area contributed by atoms with Gasteiger partial charge in [-0.25, -0.2) is 14.2 Å². The predicted octanol–water partition coefficient (Wildman–Crippen LogP) is 4.92. The van der Waals surface area contributed by atoms with Crippen molar-refractivity contribution in [1.29, 1.82) is 0 Å². The Morgan fingerprint density at radius 1 is 1.00 bits per heavy atom. The lowest BCUT2D eigenvalue weighted by atomic mass is 9.95. The number of benzene rings is 3. The first-order valence-corrected chi connectivity index (χ1v) is 14.6. The molecule has 0 saturated heterocycles. The fourth-order valence-electron chi connectivity index (χ4n) is 4.88. The summed E-state index contributed by atoms with van der Waals surface area (Å²) in [6.07, 6.45) is 1.72. The summed E-state index contributed by atoms with van der Waals surface area (Å²) >= 11 is 1.20. The van der Waals surface area contributed by atoms with Crippen molar-refractivity contribution in [2.24, 2.45) is 4.99 Å². The third-order valence-corrected chi connectivity index (χ3v) is 7.85. The summed E-state index contributed by atoms with van der Waals surface area (Å²) in [7, 11) is 1.55. The first-order valence-electron chi connectivity index (χ1n) is 13.8. The van der Waals surface area contributed by atoms with Crippen molar-refractivity contribution >= 4 is 23.4 Å². The van der Waals surface area contributed by atoms with E-state index in [0.717, 1.165) is 0 Å². The number of aromatic nitrogens is 1. The molecule has 0 unspecified atom stereocenters. The van der Waals surface area contributed by atoms with Crippen LogP contribution >= 0.6 is 11.3 Å². The second kappa shape index (κ2) is 13.1. The van der Waals surface area contributed by atoms with Crippen molar-refractivity contribution in [2.45, 2.75) is 33.4 Å². The third kappa shape index (κ3) is 6.10. The molecular weight excluding hydrogens is 571 g/mol. The molecule has 0 N–H and O–H groups in total. The molecule has 0 aliphatic carbocycles. The van der Waals surface area contributed by atoms with Crippen LogP contribution < -0.4 is 29.1 Å². The number of allylic oxidation sites excluding steroid dienone is 1. The summed E-state index contributed by atoms with van der Waals surface area (Å²) in [5.74, 6) is 0.607. The van der Waals surface area contributed by atoms with Crippen LogP contribution in [-0.4, -0.2) is 30.9 Å². The zero-order valence-electron chi connectivity index (χ0n) is 24.3. The molecule has 0 amide bonds. The number of hydrogen-bond acceptors (Lipinski definition) is 8. The zero-order chi connectivity index (χ0) is 30.5. The highest BCUT2D eigenvalue weighted by Crippen LogP contribution is 2.36. The van der Waals surface area contributed by atoms with Gasteiger partial charge in [0.15, 0.2) is 16.3 Å². The second-order valence-corrected chi connectivity index (χ2v) is 10.6. The number of hydrogen-bond donors (Lipinski definition) is 0. The SMILES string of the molecule is CCOC(=O)C1=C(C)N=c2s/c(=C\c3ccccc3OCc3ccccc3F)c(=O)n2[C@H]1c1ccc(OC)c(OCC)c1. The van der Waals surface area contributed by atoms with Crippen LogP contribution in [0.15, 0.2) is 87.8 Å². The molecular formula is C33H31FN2O6S. The Balaban J connectivity index is 1.63. The fourth-order valence-corrected chi connectivity index (χ4v) is 5.92. The van der Waals surface area contributed by atoms with E-state index >= 15 is 0 Å². The molecule has 1 aliphatic heterocycles. The highest BCUT2D eigenvalue weighted by atomic mass is 32.1. The van der Waals surface area contributed by atoms with Crippen molar-refractivity contribution in [3.63, 3.8) is 0 Å². The summed E-state index contributed by atoms with van der Waals surface area (Å²) in [6, 6.07) is 18.1. The van der Waals surface area contributed by atoms with E-state index in [1.54, 1.807) is 69.5 Å². The number of thiazole rings is 1. The van der Waals surface area contributed by atoms with Gasteiger partial charge in [0.05, 0.1) is 42.2 Å². The minimum Gasteiger partial charge on any atom is -0.493 e. The van der Waals surface area contributed by atoms with E-state index in [4.69, 9.17) is 18.9 Å². The molecule has 4 aromatic rings. The van der Waals surface area contributed by atoms with Crippen molar-refractivity contribution in [3.8, 4) is 17.2 Å². The van der Waals surface area contributed by atoms with E-state index in [0.29, 0.717) is 55.6 Å². The minimum atomic E-state index is -0.810. The maximum atomic E-state index is 14.2. The van der Waals surface area contributed by atoms with Crippen LogP contribution in [0.25, 0.3) is 6.08 Å². The van der Waals surface area contributed by atoms with Crippen LogP contribution in [0.5, 0.6) is 17.2 Å². The van der Waals surface area contributed by atoms with Gasteiger partial charge in [0.1, 0.15) is 18.2 Å². The minimum absolute atomic E-state index is 0.0283. The average Bonchev–Trinajstić information content (AvgIpc) is 3.30. The van der Waals surface area contributed by atoms with Gasteiger partial charge in [-0.1, -0.05) is 53.8 Å².